The summed E-state index contributed by atoms with van der Waals surface area (Å²) in [6, 6.07) is 0. The molecule has 0 aliphatic rings. The van der Waals surface area contributed by atoms with Crippen LogP contribution < -0.4 is 0 Å². The zero-order valence-corrected chi connectivity index (χ0v) is 7.86. The van der Waals surface area contributed by atoms with Gasteiger partial charge in [0, 0.05) is 20.2 Å². The molecular weight excluding hydrogens is 158 g/mol. The van der Waals surface area contributed by atoms with E-state index in [1.54, 1.807) is 7.11 Å². The van der Waals surface area contributed by atoms with Crippen LogP contribution in [0.1, 0.15) is 13.3 Å². The molecule has 0 radical (unpaired) electrons. The van der Waals surface area contributed by atoms with Crippen molar-refractivity contribution < 1.29 is 14.9 Å². The number of aliphatic hydroxyl groups excluding tert-OH is 2. The van der Waals surface area contributed by atoms with Crippen LogP contribution in [0.2, 0.25) is 0 Å². The monoisotopic (exact) mass is 177 g/mol. The van der Waals surface area contributed by atoms with Crippen molar-refractivity contribution in [3.8, 4) is 0 Å². The molecule has 4 heteroatoms. The van der Waals surface area contributed by atoms with Crippen molar-refractivity contribution in [3.63, 3.8) is 0 Å². The highest BCUT2D eigenvalue weighted by atomic mass is 16.5. The van der Waals surface area contributed by atoms with E-state index in [0.717, 1.165) is 13.0 Å². The third-order valence-electron chi connectivity index (χ3n) is 1.73. The topological polar surface area (TPSA) is 52.9 Å². The summed E-state index contributed by atoms with van der Waals surface area (Å²) in [6.07, 6.45) is 0.706. The van der Waals surface area contributed by atoms with Gasteiger partial charge in [-0.05, 0) is 6.42 Å². The highest BCUT2D eigenvalue weighted by molar-refractivity contribution is 4.60. The van der Waals surface area contributed by atoms with E-state index in [9.17, 15) is 0 Å². The van der Waals surface area contributed by atoms with Gasteiger partial charge < -0.3 is 14.9 Å². The van der Waals surface area contributed by atoms with Gasteiger partial charge in [0.15, 0.2) is 0 Å². The Balaban J connectivity index is 3.86. The largest absolute Gasteiger partial charge is 0.395 e. The summed E-state index contributed by atoms with van der Waals surface area (Å²) in [5.74, 6) is 0. The molecule has 0 aliphatic carbocycles. The molecule has 0 aromatic heterocycles. The Morgan fingerprint density at radius 1 is 1.33 bits per heavy atom. The van der Waals surface area contributed by atoms with Crippen LogP contribution in [0.4, 0.5) is 0 Å². The van der Waals surface area contributed by atoms with Crippen LogP contribution in [-0.2, 0) is 4.74 Å². The van der Waals surface area contributed by atoms with Gasteiger partial charge in [-0.25, -0.2) is 0 Å². The Morgan fingerprint density at radius 2 is 2.00 bits per heavy atom. The fourth-order valence-electron chi connectivity index (χ4n) is 1.15. The molecule has 1 atom stereocenters. The second-order valence-electron chi connectivity index (χ2n) is 2.63. The molecule has 2 N–H and O–H groups in total. The van der Waals surface area contributed by atoms with Crippen LogP contribution in [0, 0.1) is 0 Å². The number of nitrogens with zero attached hydrogens (tertiary/aromatic N) is 1. The molecule has 0 saturated heterocycles. The summed E-state index contributed by atoms with van der Waals surface area (Å²) in [5.41, 5.74) is 0. The zero-order chi connectivity index (χ0) is 9.40. The molecule has 0 rings (SSSR count). The lowest BCUT2D eigenvalue weighted by molar-refractivity contribution is -0.0685. The predicted molar refractivity (Wildman–Crippen MR) is 46.8 cm³/mol. The summed E-state index contributed by atoms with van der Waals surface area (Å²) < 4.78 is 5.03. The van der Waals surface area contributed by atoms with E-state index in [0.29, 0.717) is 6.54 Å². The van der Waals surface area contributed by atoms with Crippen LogP contribution in [0.25, 0.3) is 0 Å². The van der Waals surface area contributed by atoms with E-state index in [-0.39, 0.29) is 19.4 Å². The molecule has 0 aromatic rings. The maximum absolute atomic E-state index is 8.90. The number of hydrogen-bond donors (Lipinski definition) is 2. The first-order valence-corrected chi connectivity index (χ1v) is 4.28. The molecule has 4 nitrogen and oxygen atoms in total. The summed E-state index contributed by atoms with van der Waals surface area (Å²) in [4.78, 5) is 1.92. The molecule has 0 bridgehead atoms. The van der Waals surface area contributed by atoms with Crippen molar-refractivity contribution in [3.05, 3.63) is 0 Å². The van der Waals surface area contributed by atoms with E-state index in [1.807, 2.05) is 4.90 Å². The number of rotatable bonds is 7. The summed E-state index contributed by atoms with van der Waals surface area (Å²) in [6.45, 7) is 3.50. The minimum Gasteiger partial charge on any atom is -0.395 e. The van der Waals surface area contributed by atoms with Crippen LogP contribution in [0.5, 0.6) is 0 Å². The van der Waals surface area contributed by atoms with Gasteiger partial charge in [0.1, 0.15) is 6.23 Å². The van der Waals surface area contributed by atoms with Gasteiger partial charge in [-0.1, -0.05) is 6.92 Å². The van der Waals surface area contributed by atoms with Gasteiger partial charge in [0.2, 0.25) is 0 Å². The van der Waals surface area contributed by atoms with E-state index in [4.69, 9.17) is 14.9 Å². The van der Waals surface area contributed by atoms with E-state index >= 15 is 0 Å². The number of aliphatic hydroxyl groups is 2. The van der Waals surface area contributed by atoms with E-state index in [2.05, 4.69) is 6.92 Å². The molecule has 0 amide bonds. The van der Waals surface area contributed by atoms with Gasteiger partial charge in [0.25, 0.3) is 0 Å². The molecule has 0 aliphatic heterocycles. The first-order chi connectivity index (χ1) is 5.79. The Labute approximate surface area is 73.8 Å². The molecule has 0 saturated carbocycles. The summed E-state index contributed by atoms with van der Waals surface area (Å²) in [5, 5.41) is 17.6. The van der Waals surface area contributed by atoms with Gasteiger partial charge in [0.05, 0.1) is 13.2 Å². The van der Waals surface area contributed by atoms with Crippen molar-refractivity contribution in [2.75, 3.05) is 33.4 Å². The Bertz CT molecular complexity index is 90.3. The van der Waals surface area contributed by atoms with Crippen LogP contribution in [0.15, 0.2) is 0 Å². The number of hydrogen-bond acceptors (Lipinski definition) is 4. The average Bonchev–Trinajstić information content (AvgIpc) is 2.07. The number of methoxy groups -OCH3 is 1. The van der Waals surface area contributed by atoms with Crippen LogP contribution >= 0.6 is 0 Å². The van der Waals surface area contributed by atoms with E-state index in [1.165, 1.54) is 0 Å². The minimum atomic E-state index is -0.280. The Morgan fingerprint density at radius 3 is 2.33 bits per heavy atom. The zero-order valence-electron chi connectivity index (χ0n) is 7.86. The Hall–Kier alpha value is -0.160. The van der Waals surface area contributed by atoms with Crippen molar-refractivity contribution in [1.82, 2.24) is 4.90 Å². The first-order valence-electron chi connectivity index (χ1n) is 4.28. The molecule has 1 unspecified atom stereocenters. The molecule has 0 aromatic carbocycles. The highest BCUT2D eigenvalue weighted by Crippen LogP contribution is 2.00. The fraction of sp³-hybridized carbons (Fsp3) is 1.00. The van der Waals surface area contributed by atoms with E-state index < -0.39 is 0 Å². The average molecular weight is 177 g/mol. The Kier molecular flexibility index (Phi) is 7.39. The minimum absolute atomic E-state index is 0.0312. The first kappa shape index (κ1) is 11.8. The molecule has 0 spiro atoms. The standard InChI is InChI=1S/C8H19NO3/c1-3-4-9(5-6-10)8(7-11)12-2/h8,10-11H,3-7H2,1-2H3. The SMILES string of the molecule is CCCN(CCO)C(CO)OC. The lowest BCUT2D eigenvalue weighted by Gasteiger charge is -2.27. The smallest absolute Gasteiger partial charge is 0.133 e. The third-order valence-corrected chi connectivity index (χ3v) is 1.73. The molecule has 0 heterocycles. The molecule has 12 heavy (non-hydrogen) atoms. The van der Waals surface area contributed by atoms with Gasteiger partial charge >= 0.3 is 0 Å². The lowest BCUT2D eigenvalue weighted by atomic mass is 10.3. The van der Waals surface area contributed by atoms with Gasteiger partial charge in [-0.2, -0.15) is 0 Å². The van der Waals surface area contributed by atoms with Crippen molar-refractivity contribution in [2.24, 2.45) is 0 Å². The second-order valence-corrected chi connectivity index (χ2v) is 2.63. The van der Waals surface area contributed by atoms with Gasteiger partial charge in [-0.15, -0.1) is 0 Å². The van der Waals surface area contributed by atoms with Gasteiger partial charge in [-0.3, -0.25) is 4.90 Å². The maximum Gasteiger partial charge on any atom is 0.133 e. The summed E-state index contributed by atoms with van der Waals surface area (Å²) in [7, 11) is 1.56. The quantitative estimate of drug-likeness (QED) is 0.522. The van der Waals surface area contributed by atoms with Crippen LogP contribution in [0.3, 0.4) is 0 Å². The van der Waals surface area contributed by atoms with Crippen molar-refractivity contribution >= 4 is 0 Å². The lowest BCUT2D eigenvalue weighted by Crippen LogP contribution is -2.41. The van der Waals surface area contributed by atoms with Crippen molar-refractivity contribution in [2.45, 2.75) is 19.6 Å². The maximum atomic E-state index is 8.90. The molecular formula is C8H19NO3. The molecule has 74 valence electrons. The van der Waals surface area contributed by atoms with Crippen LogP contribution in [-0.4, -0.2) is 54.8 Å². The predicted octanol–water partition coefficient (Wildman–Crippen LogP) is -0.345. The van der Waals surface area contributed by atoms with Crippen molar-refractivity contribution in [1.29, 1.82) is 0 Å². The number of ether oxygens (including phenoxy) is 1. The molecule has 0 fully saturated rings. The highest BCUT2D eigenvalue weighted by Gasteiger charge is 2.14. The second kappa shape index (κ2) is 7.49. The normalized spacial score (nSPS) is 13.8. The third kappa shape index (κ3) is 4.01. The fourth-order valence-corrected chi connectivity index (χ4v) is 1.15. The summed E-state index contributed by atoms with van der Waals surface area (Å²) >= 11 is 0.